The average Bonchev–Trinajstić information content (AvgIpc) is 3.11. The predicted octanol–water partition coefficient (Wildman–Crippen LogP) is 4.76. The van der Waals surface area contributed by atoms with E-state index in [2.05, 4.69) is 15.2 Å². The molecule has 0 aliphatic rings. The van der Waals surface area contributed by atoms with Crippen LogP contribution in [-0.2, 0) is 0 Å². The number of benzene rings is 1. The molecule has 0 radical (unpaired) electrons. The lowest BCUT2D eigenvalue weighted by atomic mass is 10.2. The van der Waals surface area contributed by atoms with E-state index in [0.717, 1.165) is 10.4 Å². The smallest absolute Gasteiger partial charge is 0.267 e. The molecule has 0 atom stereocenters. The molecule has 9 heteroatoms. The molecule has 142 valence electrons. The number of aryl methyl sites for hydroxylation is 3. The third-order valence-electron chi connectivity index (χ3n) is 4.51. The summed E-state index contributed by atoms with van der Waals surface area (Å²) >= 11 is 14.3. The van der Waals surface area contributed by atoms with Crippen LogP contribution in [0, 0.1) is 20.8 Å². The Kier molecular flexibility index (Phi) is 4.82. The van der Waals surface area contributed by atoms with Crippen molar-refractivity contribution in [3.8, 4) is 5.69 Å². The molecule has 3 aromatic heterocycles. The maximum atomic E-state index is 12.8. The highest BCUT2D eigenvalue weighted by molar-refractivity contribution is 7.18. The lowest BCUT2D eigenvalue weighted by molar-refractivity contribution is 0.818. The first-order chi connectivity index (χ1) is 13.4. The van der Waals surface area contributed by atoms with Crippen LogP contribution >= 0.6 is 34.5 Å². The van der Waals surface area contributed by atoms with Gasteiger partial charge in [0.15, 0.2) is 0 Å². The molecular formula is C19H15Cl2N5OS. The van der Waals surface area contributed by atoms with Crippen LogP contribution in [0.1, 0.15) is 21.7 Å². The van der Waals surface area contributed by atoms with Gasteiger partial charge < -0.3 is 0 Å². The lowest BCUT2D eigenvalue weighted by Crippen LogP contribution is -2.17. The molecule has 0 unspecified atom stereocenters. The second-order valence-corrected chi connectivity index (χ2v) is 8.22. The van der Waals surface area contributed by atoms with Crippen molar-refractivity contribution in [2.24, 2.45) is 5.10 Å². The number of para-hydroxylation sites is 1. The average molecular weight is 432 g/mol. The van der Waals surface area contributed by atoms with Crippen LogP contribution in [0.5, 0.6) is 0 Å². The number of fused-ring (bicyclic) bond motifs is 1. The first kappa shape index (κ1) is 18.9. The Morgan fingerprint density at radius 3 is 2.68 bits per heavy atom. The number of aromatic nitrogens is 4. The molecule has 0 aliphatic carbocycles. The van der Waals surface area contributed by atoms with Crippen molar-refractivity contribution >= 4 is 51.0 Å². The van der Waals surface area contributed by atoms with Crippen molar-refractivity contribution in [3.05, 3.63) is 72.8 Å². The van der Waals surface area contributed by atoms with Gasteiger partial charge in [0.2, 0.25) is 0 Å². The van der Waals surface area contributed by atoms with Gasteiger partial charge in [0.1, 0.15) is 16.3 Å². The SMILES string of the molecule is Cc1nn(-c2ccccc2Cl)c(Cl)c1/C=N/n1cnc2sc(C)c(C)c2c1=O. The molecule has 4 aromatic rings. The number of rotatable bonds is 3. The third-order valence-corrected chi connectivity index (χ3v) is 6.31. The first-order valence-electron chi connectivity index (χ1n) is 8.40. The standard InChI is InChI=1S/C19H15Cl2N5OS/c1-10-12(3)28-18-16(10)19(27)25(9-22-18)23-8-13-11(2)24-26(17(13)21)15-7-5-4-6-14(15)20/h4-9H,1-3H3/b23-8+. The Morgan fingerprint density at radius 1 is 1.18 bits per heavy atom. The van der Waals surface area contributed by atoms with Crippen molar-refractivity contribution in [3.63, 3.8) is 0 Å². The molecule has 0 N–H and O–H groups in total. The number of thiophene rings is 1. The summed E-state index contributed by atoms with van der Waals surface area (Å²) in [5.41, 5.74) is 2.66. The Morgan fingerprint density at radius 2 is 1.93 bits per heavy atom. The molecule has 0 saturated carbocycles. The van der Waals surface area contributed by atoms with E-state index in [-0.39, 0.29) is 5.56 Å². The summed E-state index contributed by atoms with van der Waals surface area (Å²) in [7, 11) is 0. The molecule has 0 aliphatic heterocycles. The molecule has 28 heavy (non-hydrogen) atoms. The van der Waals surface area contributed by atoms with Crippen LogP contribution in [0.25, 0.3) is 15.9 Å². The summed E-state index contributed by atoms with van der Waals surface area (Å²) in [4.78, 5) is 18.9. The molecule has 4 rings (SSSR count). The van der Waals surface area contributed by atoms with Crippen LogP contribution in [0.2, 0.25) is 10.2 Å². The van der Waals surface area contributed by atoms with Crippen molar-refractivity contribution in [2.45, 2.75) is 20.8 Å². The Labute approximate surface area is 174 Å². The number of halogens is 2. The summed E-state index contributed by atoms with van der Waals surface area (Å²) in [6.07, 6.45) is 2.93. The third kappa shape index (κ3) is 3.05. The molecule has 0 fully saturated rings. The highest BCUT2D eigenvalue weighted by Crippen LogP contribution is 2.27. The maximum absolute atomic E-state index is 12.8. The van der Waals surface area contributed by atoms with Crippen molar-refractivity contribution < 1.29 is 0 Å². The highest BCUT2D eigenvalue weighted by Gasteiger charge is 2.16. The zero-order chi connectivity index (χ0) is 20.0. The van der Waals surface area contributed by atoms with Crippen LogP contribution < -0.4 is 5.56 Å². The molecule has 0 saturated heterocycles. The largest absolute Gasteiger partial charge is 0.282 e. The molecule has 6 nitrogen and oxygen atoms in total. The minimum absolute atomic E-state index is 0.213. The number of nitrogens with zero attached hydrogens (tertiary/aromatic N) is 5. The summed E-state index contributed by atoms with van der Waals surface area (Å²) in [5, 5.41) is 10.2. The van der Waals surface area contributed by atoms with Crippen LogP contribution in [-0.4, -0.2) is 25.7 Å². The van der Waals surface area contributed by atoms with Gasteiger partial charge >= 0.3 is 0 Å². The molecular weight excluding hydrogens is 417 g/mol. The van der Waals surface area contributed by atoms with Gasteiger partial charge in [0, 0.05) is 4.88 Å². The van der Waals surface area contributed by atoms with Gasteiger partial charge in [-0.25, -0.2) is 9.67 Å². The van der Waals surface area contributed by atoms with Gasteiger partial charge in [-0.2, -0.15) is 14.9 Å². The zero-order valence-corrected chi connectivity index (χ0v) is 17.6. The van der Waals surface area contributed by atoms with Gasteiger partial charge in [0.05, 0.1) is 33.6 Å². The molecule has 3 heterocycles. The van der Waals surface area contributed by atoms with E-state index in [1.807, 2.05) is 39.0 Å². The summed E-state index contributed by atoms with van der Waals surface area (Å²) in [6.45, 7) is 5.71. The fourth-order valence-corrected chi connectivity index (χ4v) is 4.39. The lowest BCUT2D eigenvalue weighted by Gasteiger charge is -2.04. The molecule has 0 bridgehead atoms. The Balaban J connectivity index is 1.78. The second kappa shape index (κ2) is 7.16. The van der Waals surface area contributed by atoms with Gasteiger partial charge in [0.25, 0.3) is 5.56 Å². The maximum Gasteiger partial charge on any atom is 0.282 e. The van der Waals surface area contributed by atoms with Crippen LogP contribution in [0.15, 0.2) is 40.5 Å². The quantitative estimate of drug-likeness (QED) is 0.439. The van der Waals surface area contributed by atoms with Gasteiger partial charge in [-0.1, -0.05) is 35.3 Å². The highest BCUT2D eigenvalue weighted by atomic mass is 35.5. The predicted molar refractivity (Wildman–Crippen MR) is 115 cm³/mol. The van der Waals surface area contributed by atoms with Crippen molar-refractivity contribution in [1.82, 2.24) is 19.4 Å². The van der Waals surface area contributed by atoms with E-state index in [4.69, 9.17) is 23.2 Å². The monoisotopic (exact) mass is 431 g/mol. The Hall–Kier alpha value is -2.48. The van der Waals surface area contributed by atoms with Gasteiger partial charge in [-0.15, -0.1) is 11.3 Å². The van der Waals surface area contributed by atoms with E-state index in [0.29, 0.717) is 37.3 Å². The minimum Gasteiger partial charge on any atom is -0.267 e. The van der Waals surface area contributed by atoms with Crippen LogP contribution in [0.4, 0.5) is 0 Å². The van der Waals surface area contributed by atoms with E-state index < -0.39 is 0 Å². The normalized spacial score (nSPS) is 11.8. The number of hydrogen-bond donors (Lipinski definition) is 0. The molecule has 0 spiro atoms. The van der Waals surface area contributed by atoms with Crippen molar-refractivity contribution in [1.29, 1.82) is 0 Å². The van der Waals surface area contributed by atoms with E-state index >= 15 is 0 Å². The van der Waals surface area contributed by atoms with E-state index in [9.17, 15) is 4.79 Å². The Bertz CT molecular complexity index is 1300. The molecule has 0 amide bonds. The zero-order valence-electron chi connectivity index (χ0n) is 15.3. The fraction of sp³-hybridized carbons (Fsp3) is 0.158. The van der Waals surface area contributed by atoms with Crippen LogP contribution in [0.3, 0.4) is 0 Å². The molecule has 1 aromatic carbocycles. The van der Waals surface area contributed by atoms with E-state index in [1.54, 1.807) is 10.7 Å². The van der Waals surface area contributed by atoms with Gasteiger partial charge in [-0.3, -0.25) is 4.79 Å². The second-order valence-electron chi connectivity index (χ2n) is 6.26. The summed E-state index contributed by atoms with van der Waals surface area (Å²) in [6, 6.07) is 7.28. The van der Waals surface area contributed by atoms with Crippen molar-refractivity contribution in [2.75, 3.05) is 0 Å². The van der Waals surface area contributed by atoms with Gasteiger partial charge in [-0.05, 0) is 38.5 Å². The minimum atomic E-state index is -0.213. The van der Waals surface area contributed by atoms with E-state index in [1.165, 1.54) is 28.6 Å². The number of hydrogen-bond acceptors (Lipinski definition) is 5. The first-order valence-corrected chi connectivity index (χ1v) is 9.97. The topological polar surface area (TPSA) is 65.1 Å². The summed E-state index contributed by atoms with van der Waals surface area (Å²) in [5.74, 6) is 0. The fourth-order valence-electron chi connectivity index (χ4n) is 2.87. The summed E-state index contributed by atoms with van der Waals surface area (Å²) < 4.78 is 2.77.